The topological polar surface area (TPSA) is 108 Å². The van der Waals surface area contributed by atoms with Gasteiger partial charge in [0, 0.05) is 35.8 Å². The number of nitrogens with two attached hydrogens (primary N) is 1. The molecule has 1 aliphatic rings. The Bertz CT molecular complexity index is 1120. The molecule has 8 heteroatoms. The minimum absolute atomic E-state index is 0.125. The number of carbonyl (C=O) groups excluding carboxylic acids is 1. The van der Waals surface area contributed by atoms with E-state index in [2.05, 4.69) is 10.3 Å². The van der Waals surface area contributed by atoms with Crippen LogP contribution in [0.25, 0.3) is 10.9 Å². The molecule has 27 heavy (non-hydrogen) atoms. The molecule has 4 N–H and O–H groups in total. The smallest absolute Gasteiger partial charge is 0.299 e. The van der Waals surface area contributed by atoms with Gasteiger partial charge in [-0.15, -0.1) is 0 Å². The third-order valence-corrected chi connectivity index (χ3v) is 5.82. The van der Waals surface area contributed by atoms with Gasteiger partial charge < -0.3 is 10.3 Å². The Morgan fingerprint density at radius 1 is 1.22 bits per heavy atom. The van der Waals surface area contributed by atoms with Gasteiger partial charge in [-0.1, -0.05) is 24.3 Å². The Hall–Kier alpha value is -2.84. The number of hydrogen-bond acceptors (Lipinski definition) is 3. The van der Waals surface area contributed by atoms with Crippen molar-refractivity contribution in [1.82, 2.24) is 4.98 Å². The highest BCUT2D eigenvalue weighted by atomic mass is 32.2. The number of aryl methyl sites for hydroxylation is 1. The number of nitrogens with zero attached hydrogens (tertiary/aromatic N) is 1. The van der Waals surface area contributed by atoms with Crippen LogP contribution in [0.1, 0.15) is 17.5 Å². The van der Waals surface area contributed by atoms with Crippen molar-refractivity contribution < 1.29 is 13.2 Å². The average molecular weight is 384 g/mol. The number of rotatable bonds is 5. The van der Waals surface area contributed by atoms with Gasteiger partial charge in [0.05, 0.1) is 5.69 Å². The van der Waals surface area contributed by atoms with Gasteiger partial charge >= 0.3 is 0 Å². The van der Waals surface area contributed by atoms with Gasteiger partial charge in [-0.3, -0.25) is 9.10 Å². The van der Waals surface area contributed by atoms with Gasteiger partial charge in [0.1, 0.15) is 0 Å². The van der Waals surface area contributed by atoms with Crippen molar-refractivity contribution in [3.63, 3.8) is 0 Å². The quantitative estimate of drug-likeness (QED) is 0.628. The fourth-order valence-corrected chi connectivity index (χ4v) is 4.29. The van der Waals surface area contributed by atoms with Gasteiger partial charge in [0.2, 0.25) is 5.91 Å². The maximum atomic E-state index is 12.3. The second kappa shape index (κ2) is 6.71. The first kappa shape index (κ1) is 17.6. The Morgan fingerprint density at radius 2 is 2.04 bits per heavy atom. The van der Waals surface area contributed by atoms with Crippen LogP contribution in [0.5, 0.6) is 0 Å². The standard InChI is InChI=1S/C19H20N4O3S/c20-27(25,26)23-10-9-13-5-7-15(11-18(13)23)22-19(24)8-6-14-12-21-17-4-2-1-3-16(14)17/h1-5,7,11-12,21H,6,8-10H2,(H,22,24)(H2,20,25,26). The second-order valence-electron chi connectivity index (χ2n) is 6.62. The number of aromatic amines is 1. The maximum Gasteiger partial charge on any atom is 0.299 e. The minimum atomic E-state index is -3.80. The van der Waals surface area contributed by atoms with Crippen LogP contribution >= 0.6 is 0 Å². The number of hydrogen-bond donors (Lipinski definition) is 3. The Labute approximate surface area is 157 Å². The predicted molar refractivity (Wildman–Crippen MR) is 106 cm³/mol. The van der Waals surface area contributed by atoms with Crippen molar-refractivity contribution in [2.24, 2.45) is 5.14 Å². The fraction of sp³-hybridized carbons (Fsp3) is 0.211. The van der Waals surface area contributed by atoms with E-state index in [9.17, 15) is 13.2 Å². The highest BCUT2D eigenvalue weighted by molar-refractivity contribution is 7.90. The van der Waals surface area contributed by atoms with E-state index in [0.29, 0.717) is 37.2 Å². The van der Waals surface area contributed by atoms with E-state index in [1.54, 1.807) is 12.1 Å². The third kappa shape index (κ3) is 3.54. The number of fused-ring (bicyclic) bond motifs is 2. The van der Waals surface area contributed by atoms with Crippen LogP contribution in [0.4, 0.5) is 11.4 Å². The van der Waals surface area contributed by atoms with Crippen molar-refractivity contribution in [2.45, 2.75) is 19.3 Å². The van der Waals surface area contributed by atoms with E-state index in [1.807, 2.05) is 36.5 Å². The summed E-state index contributed by atoms with van der Waals surface area (Å²) in [6.45, 7) is 0.326. The van der Waals surface area contributed by atoms with E-state index in [1.165, 1.54) is 4.31 Å². The molecule has 1 aromatic heterocycles. The summed E-state index contributed by atoms with van der Waals surface area (Å²) in [7, 11) is -3.80. The molecule has 0 spiro atoms. The van der Waals surface area contributed by atoms with Crippen LogP contribution in [-0.2, 0) is 27.8 Å². The fourth-order valence-electron chi connectivity index (χ4n) is 3.50. The Kier molecular flexibility index (Phi) is 4.37. The zero-order chi connectivity index (χ0) is 19.0. The molecule has 140 valence electrons. The number of H-pyrrole nitrogens is 1. The van der Waals surface area contributed by atoms with Gasteiger partial charge in [-0.25, -0.2) is 5.14 Å². The molecular weight excluding hydrogens is 364 g/mol. The Morgan fingerprint density at radius 3 is 2.85 bits per heavy atom. The molecule has 2 aromatic carbocycles. The molecule has 0 saturated heterocycles. The van der Waals surface area contributed by atoms with Crippen molar-refractivity contribution in [2.75, 3.05) is 16.2 Å². The first-order valence-corrected chi connectivity index (χ1v) is 10.2. The highest BCUT2D eigenvalue weighted by Gasteiger charge is 2.26. The van der Waals surface area contributed by atoms with E-state index >= 15 is 0 Å². The molecule has 2 heterocycles. The second-order valence-corrected chi connectivity index (χ2v) is 8.09. The van der Waals surface area contributed by atoms with E-state index < -0.39 is 10.2 Å². The predicted octanol–water partition coefficient (Wildman–Crippen LogP) is 2.31. The number of carbonyl (C=O) groups is 1. The highest BCUT2D eigenvalue weighted by Crippen LogP contribution is 2.32. The molecule has 3 aromatic rings. The Balaban J connectivity index is 1.44. The number of benzene rings is 2. The summed E-state index contributed by atoms with van der Waals surface area (Å²) < 4.78 is 24.5. The van der Waals surface area contributed by atoms with E-state index in [-0.39, 0.29) is 5.91 Å². The lowest BCUT2D eigenvalue weighted by Crippen LogP contribution is -2.35. The van der Waals surface area contributed by atoms with Gasteiger partial charge in [-0.2, -0.15) is 8.42 Å². The van der Waals surface area contributed by atoms with E-state index in [4.69, 9.17) is 5.14 Å². The first-order chi connectivity index (χ1) is 12.9. The summed E-state index contributed by atoms with van der Waals surface area (Å²) in [5, 5.41) is 9.22. The number of amides is 1. The van der Waals surface area contributed by atoms with Crippen molar-refractivity contribution in [3.8, 4) is 0 Å². The molecule has 4 rings (SSSR count). The lowest BCUT2D eigenvalue weighted by atomic mass is 10.1. The zero-order valence-electron chi connectivity index (χ0n) is 14.6. The summed E-state index contributed by atoms with van der Waals surface area (Å²) in [6, 6.07) is 13.2. The molecule has 7 nitrogen and oxygen atoms in total. The molecule has 1 amide bonds. The molecule has 0 fully saturated rings. The molecule has 0 unspecified atom stereocenters. The summed E-state index contributed by atoms with van der Waals surface area (Å²) >= 11 is 0. The average Bonchev–Trinajstić information content (AvgIpc) is 3.23. The third-order valence-electron chi connectivity index (χ3n) is 4.83. The number of anilines is 2. The molecule has 0 aliphatic carbocycles. The molecule has 0 saturated carbocycles. The largest absolute Gasteiger partial charge is 0.361 e. The van der Waals surface area contributed by atoms with Crippen molar-refractivity contribution >= 4 is 38.4 Å². The minimum Gasteiger partial charge on any atom is -0.361 e. The summed E-state index contributed by atoms with van der Waals surface area (Å²) in [5.74, 6) is -0.125. The van der Waals surface area contributed by atoms with Crippen LogP contribution in [-0.4, -0.2) is 25.9 Å². The number of para-hydroxylation sites is 1. The number of nitrogens with one attached hydrogen (secondary N) is 2. The van der Waals surface area contributed by atoms with E-state index in [0.717, 1.165) is 22.0 Å². The van der Waals surface area contributed by atoms with Gasteiger partial charge in [0.25, 0.3) is 10.2 Å². The van der Waals surface area contributed by atoms with Crippen molar-refractivity contribution in [3.05, 3.63) is 59.8 Å². The first-order valence-electron chi connectivity index (χ1n) is 8.70. The maximum absolute atomic E-state index is 12.3. The number of aromatic nitrogens is 1. The molecule has 0 radical (unpaired) electrons. The molecular formula is C19H20N4O3S. The van der Waals surface area contributed by atoms with Gasteiger partial charge in [0.15, 0.2) is 0 Å². The summed E-state index contributed by atoms with van der Waals surface area (Å²) in [5.41, 5.74) is 4.14. The summed E-state index contributed by atoms with van der Waals surface area (Å²) in [6.07, 6.45) is 3.49. The summed E-state index contributed by atoms with van der Waals surface area (Å²) in [4.78, 5) is 15.5. The lowest BCUT2D eigenvalue weighted by molar-refractivity contribution is -0.116. The molecule has 1 aliphatic heterocycles. The SMILES string of the molecule is NS(=O)(=O)N1CCc2ccc(NC(=O)CCc3c[nH]c4ccccc34)cc21. The zero-order valence-corrected chi connectivity index (χ0v) is 15.4. The van der Waals surface area contributed by atoms with Crippen LogP contribution in [0.15, 0.2) is 48.7 Å². The molecule has 0 bridgehead atoms. The van der Waals surface area contributed by atoms with Crippen LogP contribution < -0.4 is 14.8 Å². The van der Waals surface area contributed by atoms with Crippen molar-refractivity contribution in [1.29, 1.82) is 0 Å². The van der Waals surface area contributed by atoms with Gasteiger partial charge in [-0.05, 0) is 42.2 Å². The van der Waals surface area contributed by atoms with Crippen LogP contribution in [0.2, 0.25) is 0 Å². The van der Waals surface area contributed by atoms with Crippen LogP contribution in [0, 0.1) is 0 Å². The lowest BCUT2D eigenvalue weighted by Gasteiger charge is -2.16. The van der Waals surface area contributed by atoms with Crippen LogP contribution in [0.3, 0.4) is 0 Å². The normalized spacial score (nSPS) is 13.7. The molecule has 0 atom stereocenters. The monoisotopic (exact) mass is 384 g/mol.